The summed E-state index contributed by atoms with van der Waals surface area (Å²) in [6.07, 6.45) is 0.0421. The summed E-state index contributed by atoms with van der Waals surface area (Å²) in [5, 5.41) is 5.30. The zero-order valence-electron chi connectivity index (χ0n) is 18.9. The Bertz CT molecular complexity index is 1140. The quantitative estimate of drug-likeness (QED) is 0.610. The number of rotatable bonds is 8. The lowest BCUT2D eigenvalue weighted by molar-refractivity contribution is -0.122. The molecule has 1 aliphatic rings. The molecule has 9 nitrogen and oxygen atoms in total. The summed E-state index contributed by atoms with van der Waals surface area (Å²) in [5.74, 6) is -1.37. The van der Waals surface area contributed by atoms with Gasteiger partial charge in [0, 0.05) is 50.0 Å². The monoisotopic (exact) mass is 472 g/mol. The fourth-order valence-corrected chi connectivity index (χ4v) is 5.23. The molecule has 0 unspecified atom stereocenters. The number of hydrogen-bond donors (Lipinski definition) is 2. The van der Waals surface area contributed by atoms with Gasteiger partial charge in [-0.1, -0.05) is 19.9 Å². The Morgan fingerprint density at radius 1 is 1.09 bits per heavy atom. The summed E-state index contributed by atoms with van der Waals surface area (Å²) in [4.78, 5) is 38.7. The van der Waals surface area contributed by atoms with E-state index in [-0.39, 0.29) is 35.6 Å². The number of nitrogens with zero attached hydrogens (tertiary/aromatic N) is 2. The van der Waals surface area contributed by atoms with Gasteiger partial charge in [0.15, 0.2) is 0 Å². The van der Waals surface area contributed by atoms with Gasteiger partial charge in [-0.25, -0.2) is 8.42 Å². The molecule has 0 radical (unpaired) electrons. The number of amides is 3. The van der Waals surface area contributed by atoms with E-state index in [1.807, 2.05) is 0 Å². The summed E-state index contributed by atoms with van der Waals surface area (Å²) in [5.41, 5.74) is 1.42. The maximum absolute atomic E-state index is 12.7. The van der Waals surface area contributed by atoms with Crippen LogP contribution in [0.25, 0.3) is 0 Å². The Kier molecular flexibility index (Phi) is 7.50. The molecule has 2 aromatic carbocycles. The molecule has 1 aliphatic heterocycles. The Morgan fingerprint density at radius 3 is 2.36 bits per heavy atom. The fraction of sp³-hybridized carbons (Fsp3) is 0.348. The lowest BCUT2D eigenvalue weighted by Gasteiger charge is -2.20. The Morgan fingerprint density at radius 2 is 1.76 bits per heavy atom. The van der Waals surface area contributed by atoms with E-state index in [0.29, 0.717) is 30.0 Å². The maximum Gasteiger partial charge on any atom is 0.251 e. The van der Waals surface area contributed by atoms with Crippen molar-refractivity contribution in [2.45, 2.75) is 25.2 Å². The summed E-state index contributed by atoms with van der Waals surface area (Å²) in [6.45, 7) is 4.47. The van der Waals surface area contributed by atoms with Crippen LogP contribution in [0.2, 0.25) is 0 Å². The highest BCUT2D eigenvalue weighted by Gasteiger charge is 2.35. The van der Waals surface area contributed by atoms with Crippen LogP contribution < -0.4 is 15.5 Å². The molecule has 1 saturated heterocycles. The van der Waals surface area contributed by atoms with Crippen molar-refractivity contribution in [1.82, 2.24) is 9.62 Å². The highest BCUT2D eigenvalue weighted by Crippen LogP contribution is 2.28. The first-order valence-corrected chi connectivity index (χ1v) is 12.2. The first kappa shape index (κ1) is 24.4. The second-order valence-corrected chi connectivity index (χ2v) is 9.58. The van der Waals surface area contributed by atoms with E-state index in [1.165, 1.54) is 28.4 Å². The number of benzene rings is 2. The molecule has 1 atom stereocenters. The van der Waals surface area contributed by atoms with E-state index in [4.69, 9.17) is 0 Å². The first-order valence-electron chi connectivity index (χ1n) is 10.7. The molecule has 2 N–H and O–H groups in total. The molecule has 0 saturated carbocycles. The molecule has 0 spiro atoms. The Labute approximate surface area is 193 Å². The number of carbonyl (C=O) groups is 3. The Balaban J connectivity index is 1.70. The average molecular weight is 473 g/mol. The molecule has 0 aliphatic carbocycles. The van der Waals surface area contributed by atoms with Gasteiger partial charge in [-0.05, 0) is 42.5 Å². The topological polar surface area (TPSA) is 116 Å². The van der Waals surface area contributed by atoms with E-state index < -0.39 is 15.9 Å². The molecule has 0 bridgehead atoms. The van der Waals surface area contributed by atoms with Crippen molar-refractivity contribution in [2.24, 2.45) is 5.92 Å². The van der Waals surface area contributed by atoms with Crippen LogP contribution in [-0.4, -0.2) is 57.1 Å². The molecule has 3 rings (SSSR count). The van der Waals surface area contributed by atoms with Crippen molar-refractivity contribution in [3.8, 4) is 0 Å². The standard InChI is InChI=1S/C23H28N4O5S/c1-4-26(5-2)33(31,32)20-11-9-19(10-12-20)27-15-17(14-21(27)28)23(30)25-18-8-6-7-16(13-18)22(29)24-3/h6-13,17H,4-5,14-15H2,1-3H3,(H,24,29)(H,25,30)/t17-/m1/s1. The minimum Gasteiger partial charge on any atom is -0.355 e. The van der Waals surface area contributed by atoms with Crippen molar-refractivity contribution < 1.29 is 22.8 Å². The van der Waals surface area contributed by atoms with Gasteiger partial charge >= 0.3 is 0 Å². The van der Waals surface area contributed by atoms with Gasteiger partial charge in [0.2, 0.25) is 21.8 Å². The van der Waals surface area contributed by atoms with Gasteiger partial charge in [-0.2, -0.15) is 4.31 Å². The molecule has 3 amide bonds. The van der Waals surface area contributed by atoms with Gasteiger partial charge in [0.05, 0.1) is 10.8 Å². The van der Waals surface area contributed by atoms with Crippen LogP contribution >= 0.6 is 0 Å². The second kappa shape index (κ2) is 10.1. The molecule has 10 heteroatoms. The van der Waals surface area contributed by atoms with Crippen LogP contribution in [0.1, 0.15) is 30.6 Å². The van der Waals surface area contributed by atoms with Gasteiger partial charge in [0.1, 0.15) is 0 Å². The van der Waals surface area contributed by atoms with Gasteiger partial charge in [-0.3, -0.25) is 14.4 Å². The lowest BCUT2D eigenvalue weighted by atomic mass is 10.1. The van der Waals surface area contributed by atoms with E-state index in [1.54, 1.807) is 50.2 Å². The van der Waals surface area contributed by atoms with Gasteiger partial charge in [0.25, 0.3) is 5.91 Å². The van der Waals surface area contributed by atoms with E-state index in [0.717, 1.165) is 0 Å². The zero-order valence-corrected chi connectivity index (χ0v) is 19.7. The molecule has 0 aromatic heterocycles. The van der Waals surface area contributed by atoms with Crippen LogP contribution in [0.5, 0.6) is 0 Å². The lowest BCUT2D eigenvalue weighted by Crippen LogP contribution is -2.31. The third kappa shape index (κ3) is 5.23. The number of hydrogen-bond acceptors (Lipinski definition) is 5. The van der Waals surface area contributed by atoms with Crippen molar-refractivity contribution in [1.29, 1.82) is 0 Å². The molecule has 2 aromatic rings. The second-order valence-electron chi connectivity index (χ2n) is 7.64. The predicted octanol–water partition coefficient (Wildman–Crippen LogP) is 2.07. The minimum absolute atomic E-state index is 0.0421. The van der Waals surface area contributed by atoms with Crippen LogP contribution in [0.4, 0.5) is 11.4 Å². The minimum atomic E-state index is -3.59. The highest BCUT2D eigenvalue weighted by atomic mass is 32.2. The van der Waals surface area contributed by atoms with E-state index in [9.17, 15) is 22.8 Å². The van der Waals surface area contributed by atoms with Crippen molar-refractivity contribution in [2.75, 3.05) is 36.9 Å². The summed E-state index contributed by atoms with van der Waals surface area (Å²) < 4.78 is 26.7. The van der Waals surface area contributed by atoms with Crippen molar-refractivity contribution in [3.05, 3.63) is 54.1 Å². The van der Waals surface area contributed by atoms with Crippen LogP contribution in [-0.2, 0) is 19.6 Å². The third-order valence-electron chi connectivity index (χ3n) is 5.61. The van der Waals surface area contributed by atoms with Crippen LogP contribution in [0, 0.1) is 5.92 Å². The third-order valence-corrected chi connectivity index (χ3v) is 7.67. The van der Waals surface area contributed by atoms with Gasteiger partial charge in [-0.15, -0.1) is 0 Å². The number of sulfonamides is 1. The normalized spacial score (nSPS) is 16.2. The van der Waals surface area contributed by atoms with E-state index in [2.05, 4.69) is 10.6 Å². The summed E-state index contributed by atoms with van der Waals surface area (Å²) in [7, 11) is -2.06. The largest absolute Gasteiger partial charge is 0.355 e. The maximum atomic E-state index is 12.7. The average Bonchev–Trinajstić information content (AvgIpc) is 3.21. The smallest absolute Gasteiger partial charge is 0.251 e. The number of anilines is 2. The SMILES string of the molecule is CCN(CC)S(=O)(=O)c1ccc(N2C[C@H](C(=O)Nc3cccc(C(=O)NC)c3)CC2=O)cc1. The molecule has 33 heavy (non-hydrogen) atoms. The fourth-order valence-electron chi connectivity index (χ4n) is 3.77. The summed E-state index contributed by atoms with van der Waals surface area (Å²) in [6, 6.07) is 12.7. The summed E-state index contributed by atoms with van der Waals surface area (Å²) >= 11 is 0. The van der Waals surface area contributed by atoms with Crippen molar-refractivity contribution >= 4 is 39.1 Å². The Hall–Kier alpha value is -3.24. The van der Waals surface area contributed by atoms with Crippen molar-refractivity contribution in [3.63, 3.8) is 0 Å². The molecule has 1 fully saturated rings. The number of carbonyl (C=O) groups excluding carboxylic acids is 3. The molecule has 176 valence electrons. The van der Waals surface area contributed by atoms with Crippen LogP contribution in [0.3, 0.4) is 0 Å². The number of nitrogens with one attached hydrogen (secondary N) is 2. The molecule has 1 heterocycles. The van der Waals surface area contributed by atoms with E-state index >= 15 is 0 Å². The van der Waals surface area contributed by atoms with Gasteiger partial charge < -0.3 is 15.5 Å². The first-order chi connectivity index (χ1) is 15.7. The van der Waals surface area contributed by atoms with Crippen LogP contribution in [0.15, 0.2) is 53.4 Å². The zero-order chi connectivity index (χ0) is 24.2. The molecular weight excluding hydrogens is 444 g/mol. The predicted molar refractivity (Wildman–Crippen MR) is 125 cm³/mol. The molecular formula is C23H28N4O5S. The highest BCUT2D eigenvalue weighted by molar-refractivity contribution is 7.89.